The van der Waals surface area contributed by atoms with E-state index in [9.17, 15) is 15.2 Å². The molecule has 1 fully saturated rings. The molecular weight excluding hydrogens is 296 g/mol. The molecule has 1 N–H and O–H groups in total. The Morgan fingerprint density at radius 3 is 2.71 bits per heavy atom. The van der Waals surface area contributed by atoms with Crippen molar-refractivity contribution >= 4 is 17.3 Å². The molecule has 0 unspecified atom stereocenters. The largest absolute Gasteiger partial charge is 0.388 e. The molecule has 6 nitrogen and oxygen atoms in total. The fourth-order valence-electron chi connectivity index (χ4n) is 2.54. The number of likely N-dealkylation sites (N-methyl/N-ethyl adjacent to an activating group) is 1. The van der Waals surface area contributed by atoms with E-state index >= 15 is 0 Å². The maximum Gasteiger partial charge on any atom is 0.270 e. The molecule has 0 atom stereocenters. The van der Waals surface area contributed by atoms with E-state index in [0.29, 0.717) is 44.2 Å². The molecule has 116 valence electrons. The lowest BCUT2D eigenvalue weighted by Gasteiger charge is -2.35. The van der Waals surface area contributed by atoms with Crippen LogP contribution in [-0.2, 0) is 11.3 Å². The van der Waals surface area contributed by atoms with Crippen molar-refractivity contribution in [2.75, 3.05) is 26.8 Å². The van der Waals surface area contributed by atoms with Crippen molar-refractivity contribution in [3.05, 3.63) is 38.9 Å². The van der Waals surface area contributed by atoms with Crippen molar-refractivity contribution in [3.8, 4) is 0 Å². The summed E-state index contributed by atoms with van der Waals surface area (Å²) in [6, 6.07) is 4.46. The lowest BCUT2D eigenvalue weighted by molar-refractivity contribution is -0.384. The first-order valence-corrected chi connectivity index (χ1v) is 7.19. The molecule has 21 heavy (non-hydrogen) atoms. The number of nitrogens with zero attached hydrogens (tertiary/aromatic N) is 2. The van der Waals surface area contributed by atoms with Crippen molar-refractivity contribution in [1.82, 2.24) is 4.90 Å². The highest BCUT2D eigenvalue weighted by Crippen LogP contribution is 2.25. The van der Waals surface area contributed by atoms with Crippen LogP contribution >= 0.6 is 11.6 Å². The maximum atomic E-state index is 10.7. The highest BCUT2D eigenvalue weighted by Gasteiger charge is 2.31. The SMILES string of the molecule is CN(Cc1ccc([N+](=O)[O-])cc1Cl)CC1(O)CCOCC1. The van der Waals surface area contributed by atoms with Gasteiger partial charge < -0.3 is 9.84 Å². The second kappa shape index (κ2) is 6.70. The van der Waals surface area contributed by atoms with Gasteiger partial charge in [-0.2, -0.15) is 0 Å². The summed E-state index contributed by atoms with van der Waals surface area (Å²) in [4.78, 5) is 12.2. The van der Waals surface area contributed by atoms with E-state index in [1.807, 2.05) is 11.9 Å². The Labute approximate surface area is 128 Å². The maximum absolute atomic E-state index is 10.7. The van der Waals surface area contributed by atoms with E-state index in [4.69, 9.17) is 16.3 Å². The van der Waals surface area contributed by atoms with Gasteiger partial charge in [-0.15, -0.1) is 0 Å². The number of rotatable bonds is 5. The summed E-state index contributed by atoms with van der Waals surface area (Å²) in [7, 11) is 1.89. The molecule has 7 heteroatoms. The summed E-state index contributed by atoms with van der Waals surface area (Å²) in [5.74, 6) is 0. The summed E-state index contributed by atoms with van der Waals surface area (Å²) >= 11 is 6.08. The van der Waals surface area contributed by atoms with Gasteiger partial charge >= 0.3 is 0 Å². The van der Waals surface area contributed by atoms with Crippen LogP contribution in [0.1, 0.15) is 18.4 Å². The molecule has 0 radical (unpaired) electrons. The van der Waals surface area contributed by atoms with Crippen molar-refractivity contribution in [2.45, 2.75) is 25.0 Å². The molecule has 1 aromatic rings. The molecule has 1 aliphatic rings. The summed E-state index contributed by atoms with van der Waals surface area (Å²) in [6.45, 7) is 2.19. The summed E-state index contributed by atoms with van der Waals surface area (Å²) in [5.41, 5.74) is 0.0511. The first-order valence-electron chi connectivity index (χ1n) is 6.81. The van der Waals surface area contributed by atoms with Crippen molar-refractivity contribution in [2.24, 2.45) is 0 Å². The fraction of sp³-hybridized carbons (Fsp3) is 0.571. The number of hydrogen-bond acceptors (Lipinski definition) is 5. The standard InChI is InChI=1S/C14H19ClN2O4/c1-16(10-14(18)4-6-21-7-5-14)9-11-2-3-12(17(19)20)8-13(11)15/h2-3,8,18H,4-7,9-10H2,1H3. The van der Waals surface area contributed by atoms with Crippen molar-refractivity contribution in [3.63, 3.8) is 0 Å². The lowest BCUT2D eigenvalue weighted by atomic mass is 9.94. The van der Waals surface area contributed by atoms with Crippen LogP contribution in [0.2, 0.25) is 5.02 Å². The summed E-state index contributed by atoms with van der Waals surface area (Å²) in [6.07, 6.45) is 1.23. The zero-order chi connectivity index (χ0) is 15.5. The van der Waals surface area contributed by atoms with Crippen LogP contribution < -0.4 is 0 Å². The van der Waals surface area contributed by atoms with Gasteiger partial charge in [0, 0.05) is 51.3 Å². The third kappa shape index (κ3) is 4.38. The number of benzene rings is 1. The molecule has 1 aliphatic heterocycles. The smallest absolute Gasteiger partial charge is 0.270 e. The van der Waals surface area contributed by atoms with Gasteiger partial charge in [0.15, 0.2) is 0 Å². The molecule has 0 bridgehead atoms. The van der Waals surface area contributed by atoms with Crippen molar-refractivity contribution < 1.29 is 14.8 Å². The summed E-state index contributed by atoms with van der Waals surface area (Å²) < 4.78 is 5.26. The fourth-order valence-corrected chi connectivity index (χ4v) is 2.77. The lowest BCUT2D eigenvalue weighted by Crippen LogP contribution is -2.45. The number of non-ortho nitro benzene ring substituents is 1. The topological polar surface area (TPSA) is 75.8 Å². The first kappa shape index (κ1) is 16.2. The molecule has 0 spiro atoms. The molecule has 1 heterocycles. The van der Waals surface area contributed by atoms with Crippen LogP contribution in [0, 0.1) is 10.1 Å². The number of nitro benzene ring substituents is 1. The van der Waals surface area contributed by atoms with Gasteiger partial charge in [-0.3, -0.25) is 15.0 Å². The van der Waals surface area contributed by atoms with E-state index in [1.54, 1.807) is 6.07 Å². The molecule has 1 saturated heterocycles. The van der Waals surface area contributed by atoms with Crippen LogP contribution in [0.5, 0.6) is 0 Å². The highest BCUT2D eigenvalue weighted by molar-refractivity contribution is 6.31. The number of nitro groups is 1. The van der Waals surface area contributed by atoms with Gasteiger partial charge in [-0.05, 0) is 18.7 Å². The van der Waals surface area contributed by atoms with Crippen LogP contribution in [-0.4, -0.2) is 47.3 Å². The van der Waals surface area contributed by atoms with Gasteiger partial charge in [0.2, 0.25) is 0 Å². The monoisotopic (exact) mass is 314 g/mol. The average molecular weight is 315 g/mol. The summed E-state index contributed by atoms with van der Waals surface area (Å²) in [5, 5.41) is 21.5. The van der Waals surface area contributed by atoms with E-state index in [2.05, 4.69) is 0 Å². The Morgan fingerprint density at radius 1 is 1.48 bits per heavy atom. The zero-order valence-electron chi connectivity index (χ0n) is 11.9. The quantitative estimate of drug-likeness (QED) is 0.666. The third-order valence-corrected chi connectivity index (χ3v) is 4.03. The predicted octanol–water partition coefficient (Wildman–Crippen LogP) is 2.22. The highest BCUT2D eigenvalue weighted by atomic mass is 35.5. The number of aliphatic hydroxyl groups is 1. The predicted molar refractivity (Wildman–Crippen MR) is 79.4 cm³/mol. The number of ether oxygens (including phenoxy) is 1. The molecular formula is C14H19ClN2O4. The Morgan fingerprint density at radius 2 is 2.14 bits per heavy atom. The molecule has 1 aromatic carbocycles. The second-order valence-electron chi connectivity index (χ2n) is 5.54. The van der Waals surface area contributed by atoms with E-state index in [-0.39, 0.29) is 5.69 Å². The minimum absolute atomic E-state index is 0.0190. The first-order chi connectivity index (χ1) is 9.89. The molecule has 2 rings (SSSR count). The van der Waals surface area contributed by atoms with Crippen LogP contribution in [0.4, 0.5) is 5.69 Å². The Balaban J connectivity index is 1.99. The van der Waals surface area contributed by atoms with E-state index in [0.717, 1.165) is 5.56 Å². The third-order valence-electron chi connectivity index (χ3n) is 3.68. The Kier molecular flexibility index (Phi) is 5.16. The van der Waals surface area contributed by atoms with Crippen molar-refractivity contribution in [1.29, 1.82) is 0 Å². The normalized spacial score (nSPS) is 17.9. The van der Waals surface area contributed by atoms with Gasteiger partial charge in [0.05, 0.1) is 15.5 Å². The minimum Gasteiger partial charge on any atom is -0.388 e. The number of hydrogen-bond donors (Lipinski definition) is 1. The van der Waals surface area contributed by atoms with E-state index < -0.39 is 10.5 Å². The van der Waals surface area contributed by atoms with Crippen LogP contribution in [0.15, 0.2) is 18.2 Å². The minimum atomic E-state index is -0.736. The van der Waals surface area contributed by atoms with Gasteiger partial charge in [0.25, 0.3) is 5.69 Å². The second-order valence-corrected chi connectivity index (χ2v) is 5.95. The van der Waals surface area contributed by atoms with Crippen LogP contribution in [0.3, 0.4) is 0 Å². The van der Waals surface area contributed by atoms with Gasteiger partial charge in [-0.25, -0.2) is 0 Å². The molecule has 0 amide bonds. The Hall–Kier alpha value is -1.21. The molecule has 0 aromatic heterocycles. The van der Waals surface area contributed by atoms with Gasteiger partial charge in [0.1, 0.15) is 0 Å². The molecule has 0 saturated carbocycles. The number of halogens is 1. The average Bonchev–Trinajstić information content (AvgIpc) is 2.41. The Bertz CT molecular complexity index is 518. The zero-order valence-corrected chi connectivity index (χ0v) is 12.7. The van der Waals surface area contributed by atoms with E-state index in [1.165, 1.54) is 12.1 Å². The molecule has 0 aliphatic carbocycles. The van der Waals surface area contributed by atoms with Gasteiger partial charge in [-0.1, -0.05) is 11.6 Å². The van der Waals surface area contributed by atoms with Crippen LogP contribution in [0.25, 0.3) is 0 Å².